The Bertz CT molecular complexity index is 3230. The van der Waals surface area contributed by atoms with Crippen molar-refractivity contribution in [3.8, 4) is 11.5 Å². The molecule has 4 aromatic rings. The number of carbonyl (C=O) groups excluding carboxylic acids is 4. The molecule has 582 valence electrons. The van der Waals surface area contributed by atoms with E-state index in [4.69, 9.17) is 14.6 Å². The van der Waals surface area contributed by atoms with Crippen LogP contribution in [0.4, 0.5) is 26.3 Å². The van der Waals surface area contributed by atoms with Crippen LogP contribution in [0.5, 0.6) is 11.5 Å². The van der Waals surface area contributed by atoms with Crippen LogP contribution in [-0.4, -0.2) is 170 Å². The highest BCUT2D eigenvalue weighted by molar-refractivity contribution is 7.86. The van der Waals surface area contributed by atoms with Gasteiger partial charge in [-0.1, -0.05) is 124 Å². The van der Waals surface area contributed by atoms with Gasteiger partial charge in [-0.2, -0.15) is 34.8 Å². The van der Waals surface area contributed by atoms with Crippen molar-refractivity contribution >= 4 is 33.7 Å². The molecule has 4 amide bonds. The second-order valence-corrected chi connectivity index (χ2v) is 30.1. The van der Waals surface area contributed by atoms with E-state index in [0.29, 0.717) is 11.1 Å². The highest BCUT2D eigenvalue weighted by Gasteiger charge is 2.32. The zero-order valence-electron chi connectivity index (χ0n) is 64.4. The summed E-state index contributed by atoms with van der Waals surface area (Å²) in [5.74, 6) is 4.34. The van der Waals surface area contributed by atoms with E-state index >= 15 is 0 Å². The number of carbonyl (C=O) groups is 4. The largest absolute Gasteiger partial charge is 0.497 e. The first kappa shape index (κ1) is 92.5. The molecule has 1 saturated carbocycles. The first-order valence-electron chi connectivity index (χ1n) is 36.3. The normalized spacial score (nSPS) is 20.8. The fourth-order valence-electron chi connectivity index (χ4n) is 11.8. The number of likely N-dealkylation sites (N-methyl/N-ethyl adjacent to an activating group) is 2. The predicted molar refractivity (Wildman–Crippen MR) is 399 cm³/mol. The highest BCUT2D eigenvalue weighted by Crippen LogP contribution is 2.33. The number of aryl methyl sites for hydroxylation is 3. The summed E-state index contributed by atoms with van der Waals surface area (Å²) < 4.78 is 108. The summed E-state index contributed by atoms with van der Waals surface area (Å²) in [7, 11) is 9.48. The van der Waals surface area contributed by atoms with Crippen LogP contribution >= 0.6 is 0 Å². The van der Waals surface area contributed by atoms with Crippen LogP contribution in [0.1, 0.15) is 175 Å². The third kappa shape index (κ3) is 39.9. The molecule has 10 rings (SSSR count). The zero-order valence-corrected chi connectivity index (χ0v) is 65.2. The number of methoxy groups -OCH3 is 2. The SMILES string of the molecule is CC(CCO)C(=O)NCC(F)(F)F.CC(CCOS(C)(=O)=O)C(=O)NCC(F)(F)F.CC1CC=CCC1.CC1CCC(C)C(C)C1.CN1C(=O)c2ccccc2C1=O.CN1CCN(C)CC1.CN=c1ccccn1C.COc1ccc2c(c1)CCC[C@@H](C)C2.COc1ccc2c(c1)CCC[C@H](C)C2. The number of amides is 4. The number of pyridine rings is 1. The number of halogens is 6. The highest BCUT2D eigenvalue weighted by atomic mass is 32.2. The molecule has 4 aliphatic carbocycles. The molecule has 8 atom stereocenters. The molecule has 3 aromatic carbocycles. The van der Waals surface area contributed by atoms with E-state index in [9.17, 15) is 53.9 Å². The fourth-order valence-corrected chi connectivity index (χ4v) is 12.2. The lowest BCUT2D eigenvalue weighted by Crippen LogP contribution is -2.42. The lowest BCUT2D eigenvalue weighted by Gasteiger charge is -2.29. The first-order chi connectivity index (χ1) is 48.4. The van der Waals surface area contributed by atoms with Crippen LogP contribution in [0.25, 0.3) is 0 Å². The summed E-state index contributed by atoms with van der Waals surface area (Å²) in [4.78, 5) is 54.5. The number of fused-ring (bicyclic) bond motifs is 3. The van der Waals surface area contributed by atoms with Crippen molar-refractivity contribution in [3.63, 3.8) is 0 Å². The molecule has 6 unspecified atom stereocenters. The van der Waals surface area contributed by atoms with Gasteiger partial charge in [0.1, 0.15) is 30.1 Å². The molecule has 1 saturated heterocycles. The quantitative estimate of drug-likeness (QED) is 0.0399. The molecule has 0 bridgehead atoms. The van der Waals surface area contributed by atoms with Crippen LogP contribution < -0.4 is 25.6 Å². The number of aliphatic hydroxyl groups is 1. The minimum atomic E-state index is -4.46. The zero-order chi connectivity index (χ0) is 77.5. The Morgan fingerprint density at radius 2 is 1.08 bits per heavy atom. The molecule has 2 fully saturated rings. The van der Waals surface area contributed by atoms with Gasteiger partial charge in [-0.15, -0.1) is 0 Å². The average Bonchev–Trinajstić information content (AvgIpc) is 1.65. The van der Waals surface area contributed by atoms with Crippen molar-refractivity contribution in [2.75, 3.05) is 101 Å². The maximum atomic E-state index is 11.8. The molecular formula is C79H123F6N7O10S. The Morgan fingerprint density at radius 1 is 0.612 bits per heavy atom. The van der Waals surface area contributed by atoms with Crippen LogP contribution in [0.3, 0.4) is 0 Å². The Hall–Kier alpha value is -6.60. The number of imide groups is 1. The Kier molecular flexibility index (Phi) is 43.5. The minimum absolute atomic E-state index is 0.0246. The van der Waals surface area contributed by atoms with Gasteiger partial charge in [0, 0.05) is 72.0 Å². The van der Waals surface area contributed by atoms with E-state index in [1.165, 1.54) is 159 Å². The summed E-state index contributed by atoms with van der Waals surface area (Å²) >= 11 is 0. The van der Waals surface area contributed by atoms with Crippen molar-refractivity contribution in [1.82, 2.24) is 29.9 Å². The van der Waals surface area contributed by atoms with E-state index in [1.54, 1.807) is 56.2 Å². The van der Waals surface area contributed by atoms with Gasteiger partial charge in [0.05, 0.1) is 38.2 Å². The molecule has 24 heteroatoms. The average molecular weight is 1480 g/mol. The minimum Gasteiger partial charge on any atom is -0.497 e. The molecule has 0 spiro atoms. The molecule has 6 aliphatic rings. The molecular weight excluding hydrogens is 1350 g/mol. The number of aromatic nitrogens is 1. The topological polar surface area (TPSA) is 201 Å². The smallest absolute Gasteiger partial charge is 0.405 e. The van der Waals surface area contributed by atoms with Crippen molar-refractivity contribution in [2.45, 2.75) is 170 Å². The van der Waals surface area contributed by atoms with E-state index in [1.807, 2.05) is 36.0 Å². The number of ether oxygens (including phenoxy) is 2. The number of aliphatic hydroxyl groups excluding tert-OH is 1. The van der Waals surface area contributed by atoms with Crippen LogP contribution in [0.15, 0.2) is 102 Å². The summed E-state index contributed by atoms with van der Waals surface area (Å²) in [6.07, 6.45) is 17.4. The van der Waals surface area contributed by atoms with Gasteiger partial charge in [-0.25, -0.2) is 0 Å². The second kappa shape index (κ2) is 48.5. The molecule has 1 aromatic heterocycles. The summed E-state index contributed by atoms with van der Waals surface area (Å²) in [6.45, 7) is 18.8. The molecule has 17 nitrogen and oxygen atoms in total. The summed E-state index contributed by atoms with van der Waals surface area (Å²) in [5.41, 5.74) is 8.04. The number of nitrogens with one attached hydrogen (secondary N) is 2. The van der Waals surface area contributed by atoms with E-state index in [-0.39, 0.29) is 37.9 Å². The number of hydrogen-bond donors (Lipinski definition) is 3. The first-order valence-corrected chi connectivity index (χ1v) is 38.2. The van der Waals surface area contributed by atoms with E-state index in [2.05, 4.69) is 123 Å². The predicted octanol–water partition coefficient (Wildman–Crippen LogP) is 14.5. The number of benzene rings is 3. The molecule has 2 aliphatic heterocycles. The maximum Gasteiger partial charge on any atom is 0.405 e. The third-order valence-electron chi connectivity index (χ3n) is 18.9. The van der Waals surface area contributed by atoms with Gasteiger partial charge in [0.2, 0.25) is 11.8 Å². The van der Waals surface area contributed by atoms with Crippen LogP contribution in [0.2, 0.25) is 0 Å². The van der Waals surface area contributed by atoms with Gasteiger partial charge in [0.15, 0.2) is 0 Å². The number of nitrogens with zero attached hydrogens (tertiary/aromatic N) is 5. The maximum absolute atomic E-state index is 11.8. The van der Waals surface area contributed by atoms with Gasteiger partial charge in [-0.05, 0) is 197 Å². The van der Waals surface area contributed by atoms with Gasteiger partial charge < -0.3 is 39.6 Å². The van der Waals surface area contributed by atoms with Gasteiger partial charge in [-0.3, -0.25) is 33.3 Å². The summed E-state index contributed by atoms with van der Waals surface area (Å²) in [6, 6.07) is 25.8. The van der Waals surface area contributed by atoms with Crippen molar-refractivity contribution < 1.29 is 72.7 Å². The lowest BCUT2D eigenvalue weighted by atomic mass is 9.77. The number of hydrogen-bond acceptors (Lipinski definition) is 13. The van der Waals surface area contributed by atoms with E-state index < -0.39 is 59.2 Å². The Morgan fingerprint density at radius 3 is 1.44 bits per heavy atom. The molecule has 3 heterocycles. The number of alkyl halides is 6. The standard InChI is InChI=1S/2C13H18O.C9H7NO2.C9H18.C8H14F3NO4S.C7H12F3NO2.C7H10N2.C7H12.C6H14N2/c2*1-10-4-3-5-11-9-13(14-2)7-6-12(11)8-10;1-10-8(11)6-4-2-3-5-7(6)9(10)12;1-7-4-5-8(2)9(3)6-7;1-6(3-4-16-17(2,14)15)7(13)12-5-8(9,10)11;1-5(2-3-12)6(13)11-4-7(8,9)10;1-8-7-5-3-4-6-9(7)2;1-7-5-3-2-4-6-7;1-7-3-5-8(2)6-4-7/h2*6-7,9-10H,3-5,8H2,1-2H3;2-5H,1H3;7-9H,4-6H2,1-3H3;6H,3-5H2,1-2H3,(H,12,13);5,12H,2-4H2,1H3,(H,11,13);3-6H,1-2H3;2-3,7H,4-6H2,1H3;3-6H2,1-2H3/t2*10-;;;;;;;/m10......./s1. The van der Waals surface area contributed by atoms with Crippen molar-refractivity contribution in [3.05, 3.63) is 136 Å². The monoisotopic (exact) mass is 1480 g/mol. The van der Waals surface area contributed by atoms with Gasteiger partial charge in [0.25, 0.3) is 21.9 Å². The van der Waals surface area contributed by atoms with Crippen LogP contribution in [-0.2, 0) is 56.6 Å². The van der Waals surface area contributed by atoms with Crippen molar-refractivity contribution in [2.24, 2.45) is 59.4 Å². The number of rotatable bonds is 12. The van der Waals surface area contributed by atoms with Gasteiger partial charge >= 0.3 is 12.4 Å². The lowest BCUT2D eigenvalue weighted by molar-refractivity contribution is -0.140. The molecule has 3 N–H and O–H groups in total. The molecule has 0 radical (unpaired) electrons. The van der Waals surface area contributed by atoms with Crippen LogP contribution in [0, 0.1) is 47.3 Å². The van der Waals surface area contributed by atoms with E-state index in [0.717, 1.165) is 63.6 Å². The summed E-state index contributed by atoms with van der Waals surface area (Å²) in [5, 5.41) is 11.8. The second-order valence-electron chi connectivity index (χ2n) is 28.4. The third-order valence-corrected chi connectivity index (χ3v) is 19.4. The Labute approximate surface area is 612 Å². The number of allylic oxidation sites excluding steroid dienone is 2. The fraction of sp³-hybridized carbons (Fsp3) is 0.633. The Balaban J connectivity index is 0.000000398. The van der Waals surface area contributed by atoms with Crippen molar-refractivity contribution in [1.29, 1.82) is 0 Å². The molecule has 103 heavy (non-hydrogen) atoms. The number of piperazine rings is 1.